The number of carbonyl (C=O) groups is 3. The molecule has 0 saturated carbocycles. The maximum atomic E-state index is 11.7. The smallest absolute Gasteiger partial charge is 0.324 e. The number of rotatable bonds is 6. The molecule has 0 aliphatic carbocycles. The molecule has 0 radical (unpaired) electrons. The molecular weight excluding hydrogens is 328 g/mol. The van der Waals surface area contributed by atoms with Crippen molar-refractivity contribution in [1.82, 2.24) is 10.2 Å². The van der Waals surface area contributed by atoms with Crippen LogP contribution in [0, 0.1) is 0 Å². The fourth-order valence-corrected chi connectivity index (χ4v) is 2.94. The lowest BCUT2D eigenvalue weighted by Crippen LogP contribution is -2.37. The number of ether oxygens (including phenoxy) is 1. The Kier molecular flexibility index (Phi) is 6.09. The molecule has 3 amide bonds. The van der Waals surface area contributed by atoms with Gasteiger partial charge in [0, 0.05) is 23.9 Å². The first-order valence-electron chi connectivity index (χ1n) is 6.63. The highest BCUT2D eigenvalue weighted by Crippen LogP contribution is 2.20. The van der Waals surface area contributed by atoms with Crippen molar-refractivity contribution in [2.75, 3.05) is 25.4 Å². The van der Waals surface area contributed by atoms with E-state index in [4.69, 9.17) is 16.3 Å². The molecule has 0 bridgehead atoms. The Morgan fingerprint density at radius 2 is 2.14 bits per heavy atom. The molecule has 0 aromatic heterocycles. The lowest BCUT2D eigenvalue weighted by Gasteiger charge is -2.12. The fraction of sp³-hybridized carbons (Fsp3) is 0.357. The van der Waals surface area contributed by atoms with Gasteiger partial charge in [-0.05, 0) is 11.6 Å². The fourth-order valence-electron chi connectivity index (χ4n) is 1.83. The van der Waals surface area contributed by atoms with E-state index in [1.54, 1.807) is 6.07 Å². The Morgan fingerprint density at radius 1 is 1.36 bits per heavy atom. The Balaban J connectivity index is 1.67. The van der Waals surface area contributed by atoms with Gasteiger partial charge in [-0.2, -0.15) is 0 Å². The molecule has 1 N–H and O–H groups in total. The lowest BCUT2D eigenvalue weighted by atomic mass is 10.2. The van der Waals surface area contributed by atoms with Crippen molar-refractivity contribution >= 4 is 41.3 Å². The Bertz CT molecular complexity index is 582. The zero-order chi connectivity index (χ0) is 15.9. The summed E-state index contributed by atoms with van der Waals surface area (Å²) in [6.45, 7) is 0.307. The molecule has 0 spiro atoms. The second kappa shape index (κ2) is 8.05. The number of thioether (sulfide) groups is 1. The van der Waals surface area contributed by atoms with E-state index in [1.165, 1.54) is 11.8 Å². The summed E-state index contributed by atoms with van der Waals surface area (Å²) in [5.41, 5.74) is 0.937. The van der Waals surface area contributed by atoms with Crippen LogP contribution in [0.5, 0.6) is 0 Å². The molecule has 1 aliphatic heterocycles. The summed E-state index contributed by atoms with van der Waals surface area (Å²) in [6.07, 6.45) is 0. The number of urea groups is 1. The zero-order valence-electron chi connectivity index (χ0n) is 11.7. The van der Waals surface area contributed by atoms with Crippen LogP contribution in [-0.4, -0.2) is 48.3 Å². The third-order valence-corrected chi connectivity index (χ3v) is 4.27. The van der Waals surface area contributed by atoms with Crippen molar-refractivity contribution in [2.45, 2.75) is 5.75 Å². The van der Waals surface area contributed by atoms with E-state index in [1.807, 2.05) is 18.2 Å². The van der Waals surface area contributed by atoms with Crippen LogP contribution >= 0.6 is 23.4 Å². The topological polar surface area (TPSA) is 75.7 Å². The van der Waals surface area contributed by atoms with Crippen LogP contribution in [0.3, 0.4) is 0 Å². The maximum Gasteiger partial charge on any atom is 0.324 e. The van der Waals surface area contributed by atoms with Crippen molar-refractivity contribution in [3.8, 4) is 0 Å². The number of nitrogens with one attached hydrogen (secondary N) is 1. The van der Waals surface area contributed by atoms with Crippen LogP contribution in [-0.2, 0) is 20.1 Å². The molecule has 1 aromatic carbocycles. The zero-order valence-corrected chi connectivity index (χ0v) is 13.3. The molecule has 1 aromatic rings. The number of carbonyl (C=O) groups excluding carboxylic acids is 3. The first-order chi connectivity index (χ1) is 10.6. The molecule has 8 heteroatoms. The minimum absolute atomic E-state index is 0.116. The number of esters is 1. The van der Waals surface area contributed by atoms with E-state index >= 15 is 0 Å². The van der Waals surface area contributed by atoms with Crippen LogP contribution in [0.25, 0.3) is 0 Å². The van der Waals surface area contributed by atoms with E-state index < -0.39 is 24.5 Å². The van der Waals surface area contributed by atoms with Crippen molar-refractivity contribution < 1.29 is 19.1 Å². The van der Waals surface area contributed by atoms with E-state index in [0.29, 0.717) is 23.9 Å². The molecule has 1 aliphatic rings. The summed E-state index contributed by atoms with van der Waals surface area (Å²) < 4.78 is 4.87. The van der Waals surface area contributed by atoms with E-state index in [0.717, 1.165) is 10.5 Å². The lowest BCUT2D eigenvalue weighted by molar-refractivity contribution is -0.148. The summed E-state index contributed by atoms with van der Waals surface area (Å²) >= 11 is 7.36. The Morgan fingerprint density at radius 3 is 2.82 bits per heavy atom. The quantitative estimate of drug-likeness (QED) is 0.796. The summed E-state index contributed by atoms with van der Waals surface area (Å²) in [4.78, 5) is 35.5. The number of imide groups is 1. The standard InChI is InChI=1S/C14H15ClN2O4S/c15-11-4-2-1-3-10(11)8-22-9-13(19)21-7-12(18)17-6-5-16-14(17)20/h1-4H,5-9H2,(H,16,20). The van der Waals surface area contributed by atoms with Gasteiger partial charge < -0.3 is 10.1 Å². The maximum absolute atomic E-state index is 11.7. The van der Waals surface area contributed by atoms with E-state index in [-0.39, 0.29) is 5.75 Å². The molecule has 1 saturated heterocycles. The SMILES string of the molecule is O=C(CSCc1ccccc1Cl)OCC(=O)N1CCNC1=O. The molecule has 6 nitrogen and oxygen atoms in total. The van der Waals surface area contributed by atoms with Crippen LogP contribution < -0.4 is 5.32 Å². The monoisotopic (exact) mass is 342 g/mol. The van der Waals surface area contributed by atoms with Crippen molar-refractivity contribution in [3.63, 3.8) is 0 Å². The second-order valence-electron chi connectivity index (χ2n) is 4.52. The molecular formula is C14H15ClN2O4S. The molecule has 0 atom stereocenters. The van der Waals surface area contributed by atoms with Crippen molar-refractivity contribution in [2.24, 2.45) is 0 Å². The molecule has 1 heterocycles. The Labute approximate surface area is 137 Å². The van der Waals surface area contributed by atoms with Gasteiger partial charge in [0.1, 0.15) is 0 Å². The van der Waals surface area contributed by atoms with Crippen LogP contribution in [0.2, 0.25) is 5.02 Å². The van der Waals surface area contributed by atoms with Crippen LogP contribution in [0.15, 0.2) is 24.3 Å². The van der Waals surface area contributed by atoms with E-state index in [9.17, 15) is 14.4 Å². The van der Waals surface area contributed by atoms with Gasteiger partial charge in [-0.3, -0.25) is 14.5 Å². The predicted molar refractivity (Wildman–Crippen MR) is 83.7 cm³/mol. The van der Waals surface area contributed by atoms with Gasteiger partial charge >= 0.3 is 12.0 Å². The van der Waals surface area contributed by atoms with Crippen molar-refractivity contribution in [3.05, 3.63) is 34.9 Å². The van der Waals surface area contributed by atoms with E-state index in [2.05, 4.69) is 5.32 Å². The average molecular weight is 343 g/mol. The first-order valence-corrected chi connectivity index (χ1v) is 8.16. The number of hydrogen-bond acceptors (Lipinski definition) is 5. The van der Waals surface area contributed by atoms with Crippen LogP contribution in [0.4, 0.5) is 4.79 Å². The number of halogens is 1. The van der Waals surface area contributed by atoms with Gasteiger partial charge in [-0.15, -0.1) is 11.8 Å². The third kappa shape index (κ3) is 4.64. The third-order valence-electron chi connectivity index (χ3n) is 2.95. The number of nitrogens with zero attached hydrogens (tertiary/aromatic N) is 1. The van der Waals surface area contributed by atoms with Gasteiger partial charge in [-0.25, -0.2) is 4.79 Å². The van der Waals surface area contributed by atoms with Gasteiger partial charge in [0.05, 0.1) is 5.75 Å². The summed E-state index contributed by atoms with van der Waals surface area (Å²) in [5.74, 6) is -0.313. The number of benzene rings is 1. The number of amides is 3. The van der Waals surface area contributed by atoms with Crippen LogP contribution in [0.1, 0.15) is 5.56 Å². The normalized spacial score (nSPS) is 13.9. The molecule has 0 unspecified atom stereocenters. The molecule has 22 heavy (non-hydrogen) atoms. The molecule has 2 rings (SSSR count). The van der Waals surface area contributed by atoms with Gasteiger partial charge in [0.25, 0.3) is 5.91 Å². The minimum Gasteiger partial charge on any atom is -0.455 e. The summed E-state index contributed by atoms with van der Waals surface area (Å²) in [5, 5.41) is 3.16. The highest BCUT2D eigenvalue weighted by Gasteiger charge is 2.26. The van der Waals surface area contributed by atoms with Gasteiger partial charge in [0.2, 0.25) is 0 Å². The highest BCUT2D eigenvalue weighted by atomic mass is 35.5. The number of hydrogen-bond donors (Lipinski definition) is 1. The molecule has 1 fully saturated rings. The van der Waals surface area contributed by atoms with Gasteiger partial charge in [-0.1, -0.05) is 29.8 Å². The largest absolute Gasteiger partial charge is 0.455 e. The van der Waals surface area contributed by atoms with Gasteiger partial charge in [0.15, 0.2) is 6.61 Å². The predicted octanol–water partition coefficient (Wildman–Crippen LogP) is 1.67. The second-order valence-corrected chi connectivity index (χ2v) is 5.91. The minimum atomic E-state index is -0.514. The first kappa shape index (κ1) is 16.6. The average Bonchev–Trinajstić information content (AvgIpc) is 2.93. The summed E-state index contributed by atoms with van der Waals surface area (Å²) in [6, 6.07) is 6.94. The summed E-state index contributed by atoms with van der Waals surface area (Å²) in [7, 11) is 0. The highest BCUT2D eigenvalue weighted by molar-refractivity contribution is 7.99. The Hall–Kier alpha value is -1.73. The molecule has 118 valence electrons. The van der Waals surface area contributed by atoms with Crippen molar-refractivity contribution in [1.29, 1.82) is 0 Å².